The van der Waals surface area contributed by atoms with E-state index in [1.807, 2.05) is 0 Å². The Morgan fingerprint density at radius 3 is 2.57 bits per heavy atom. The molecule has 0 aliphatic rings. The minimum absolute atomic E-state index is 0.00411. The number of aromatic hydroxyl groups is 1. The van der Waals surface area contributed by atoms with Gasteiger partial charge in [0.1, 0.15) is 11.4 Å². The molecule has 0 aliphatic heterocycles. The van der Waals surface area contributed by atoms with Crippen molar-refractivity contribution in [2.45, 2.75) is 6.92 Å². The van der Waals surface area contributed by atoms with Crippen molar-refractivity contribution in [2.75, 3.05) is 5.32 Å². The Bertz CT molecular complexity index is 1180. The molecule has 0 spiro atoms. The van der Waals surface area contributed by atoms with Gasteiger partial charge in [0, 0.05) is 18.8 Å². The largest absolute Gasteiger partial charge is 0.494 e. The Balaban J connectivity index is 2.01. The molecule has 0 bridgehead atoms. The molecule has 0 atom stereocenters. The number of amides is 1. The van der Waals surface area contributed by atoms with Crippen LogP contribution in [0.4, 0.5) is 15.8 Å². The zero-order valence-electron chi connectivity index (χ0n) is 14.6. The average Bonchev–Trinajstić information content (AvgIpc) is 2.63. The van der Waals surface area contributed by atoms with Gasteiger partial charge >= 0.3 is 0 Å². The number of nitrogens with one attached hydrogen (secondary N) is 2. The Morgan fingerprint density at radius 2 is 1.93 bits per heavy atom. The summed E-state index contributed by atoms with van der Waals surface area (Å²) < 4.78 is 15.0. The number of aromatic nitrogens is 2. The summed E-state index contributed by atoms with van der Waals surface area (Å²) in [6.45, 7) is 1.40. The summed E-state index contributed by atoms with van der Waals surface area (Å²) in [4.78, 5) is 29.8. The molecule has 7 nitrogen and oxygen atoms in total. The summed E-state index contributed by atoms with van der Waals surface area (Å²) in [5, 5.41) is 13.1. The van der Waals surface area contributed by atoms with Gasteiger partial charge in [0.15, 0.2) is 4.77 Å². The number of halogens is 1. The number of nitrogens with zero attached hydrogens (tertiary/aromatic N) is 2. The molecule has 1 amide bonds. The van der Waals surface area contributed by atoms with Gasteiger partial charge in [-0.1, -0.05) is 12.1 Å². The number of carbonyl (C=O) groups excluding carboxylic acids is 1. The van der Waals surface area contributed by atoms with E-state index in [1.54, 1.807) is 30.3 Å². The van der Waals surface area contributed by atoms with Crippen LogP contribution in [-0.2, 0) is 4.79 Å². The van der Waals surface area contributed by atoms with Gasteiger partial charge in [0.05, 0.1) is 11.4 Å². The zero-order chi connectivity index (χ0) is 20.3. The van der Waals surface area contributed by atoms with E-state index in [0.29, 0.717) is 11.4 Å². The molecule has 142 valence electrons. The summed E-state index contributed by atoms with van der Waals surface area (Å²) in [5.74, 6) is -1.34. The van der Waals surface area contributed by atoms with Crippen LogP contribution in [0.3, 0.4) is 0 Å². The first-order valence-electron chi connectivity index (χ1n) is 8.11. The van der Waals surface area contributed by atoms with Gasteiger partial charge in [-0.3, -0.25) is 24.1 Å². The third kappa shape index (κ3) is 4.04. The van der Waals surface area contributed by atoms with E-state index >= 15 is 0 Å². The van der Waals surface area contributed by atoms with Crippen LogP contribution < -0.4 is 10.9 Å². The Kier molecular flexibility index (Phi) is 5.46. The van der Waals surface area contributed by atoms with Crippen LogP contribution in [-0.4, -0.2) is 26.8 Å². The quantitative estimate of drug-likeness (QED) is 0.463. The second kappa shape index (κ2) is 7.97. The van der Waals surface area contributed by atoms with Crippen molar-refractivity contribution < 1.29 is 14.3 Å². The first-order valence-corrected chi connectivity index (χ1v) is 8.52. The molecule has 1 heterocycles. The Morgan fingerprint density at radius 1 is 1.25 bits per heavy atom. The van der Waals surface area contributed by atoms with Gasteiger partial charge < -0.3 is 10.4 Å². The van der Waals surface area contributed by atoms with Gasteiger partial charge in [0.25, 0.3) is 5.56 Å². The minimum Gasteiger partial charge on any atom is -0.494 e. The van der Waals surface area contributed by atoms with Gasteiger partial charge in [-0.15, -0.1) is 0 Å². The van der Waals surface area contributed by atoms with E-state index in [4.69, 9.17) is 12.2 Å². The SMILES string of the molecule is CC(=O)Nc1ccc(N=Cc2c(O)n(-c3ccccc3F)c(=S)[nH]c2=O)cc1. The topological polar surface area (TPSA) is 99.5 Å². The van der Waals surface area contributed by atoms with Crippen molar-refractivity contribution in [3.8, 4) is 11.6 Å². The molecule has 9 heteroatoms. The van der Waals surface area contributed by atoms with Crippen LogP contribution in [0, 0.1) is 10.6 Å². The van der Waals surface area contributed by atoms with Crippen LogP contribution >= 0.6 is 12.2 Å². The molecular formula is C19H15FN4O3S. The number of benzene rings is 2. The maximum atomic E-state index is 14.1. The molecule has 0 radical (unpaired) electrons. The number of hydrogen-bond acceptors (Lipinski definition) is 5. The molecule has 3 rings (SSSR count). The van der Waals surface area contributed by atoms with Crippen molar-refractivity contribution in [2.24, 2.45) is 4.99 Å². The standard InChI is InChI=1S/C19H15FN4O3S/c1-11(25)22-13-8-6-12(7-9-13)21-10-14-17(26)23-19(28)24(18(14)27)16-5-3-2-4-15(16)20/h2-10,27H,1H3,(H,22,25)(H,23,26,28). The molecule has 0 fully saturated rings. The number of carbonyl (C=O) groups is 1. The Hall–Kier alpha value is -3.59. The highest BCUT2D eigenvalue weighted by Crippen LogP contribution is 2.22. The van der Waals surface area contributed by atoms with Crippen LogP contribution in [0.15, 0.2) is 58.3 Å². The third-order valence-electron chi connectivity index (χ3n) is 3.74. The Labute approximate surface area is 163 Å². The lowest BCUT2D eigenvalue weighted by Crippen LogP contribution is -2.18. The van der Waals surface area contributed by atoms with E-state index in [0.717, 1.165) is 10.8 Å². The molecule has 28 heavy (non-hydrogen) atoms. The molecule has 0 saturated carbocycles. The number of rotatable bonds is 4. The second-order valence-electron chi connectivity index (χ2n) is 5.77. The van der Waals surface area contributed by atoms with Crippen LogP contribution in [0.25, 0.3) is 5.69 Å². The first-order chi connectivity index (χ1) is 13.4. The highest BCUT2D eigenvalue weighted by molar-refractivity contribution is 7.71. The predicted molar refractivity (Wildman–Crippen MR) is 107 cm³/mol. The fraction of sp³-hybridized carbons (Fsp3) is 0.0526. The lowest BCUT2D eigenvalue weighted by Gasteiger charge is -2.11. The van der Waals surface area contributed by atoms with Gasteiger partial charge in [0.2, 0.25) is 11.8 Å². The number of para-hydroxylation sites is 1. The molecular weight excluding hydrogens is 383 g/mol. The van der Waals surface area contributed by atoms with Crippen LogP contribution in [0.1, 0.15) is 12.5 Å². The normalized spacial score (nSPS) is 10.9. The zero-order valence-corrected chi connectivity index (χ0v) is 15.5. The van der Waals surface area contributed by atoms with E-state index < -0.39 is 17.3 Å². The molecule has 1 aromatic heterocycles. The average molecular weight is 398 g/mol. The van der Waals surface area contributed by atoms with E-state index in [2.05, 4.69) is 15.3 Å². The summed E-state index contributed by atoms with van der Waals surface area (Å²) in [6, 6.07) is 12.2. The molecule has 0 aliphatic carbocycles. The lowest BCUT2D eigenvalue weighted by atomic mass is 10.2. The lowest BCUT2D eigenvalue weighted by molar-refractivity contribution is -0.114. The molecule has 3 aromatic rings. The van der Waals surface area contributed by atoms with Gasteiger partial charge in [-0.05, 0) is 48.6 Å². The summed E-state index contributed by atoms with van der Waals surface area (Å²) in [7, 11) is 0. The van der Waals surface area contributed by atoms with Crippen molar-refractivity contribution in [3.05, 3.63) is 75.0 Å². The highest BCUT2D eigenvalue weighted by Gasteiger charge is 2.14. The molecule has 0 unspecified atom stereocenters. The fourth-order valence-corrected chi connectivity index (χ4v) is 2.76. The number of anilines is 1. The number of aromatic amines is 1. The molecule has 3 N–H and O–H groups in total. The van der Waals surface area contributed by atoms with Crippen molar-refractivity contribution in [1.29, 1.82) is 0 Å². The molecule has 0 saturated heterocycles. The minimum atomic E-state index is -0.659. The van der Waals surface area contributed by atoms with Crippen LogP contribution in [0.2, 0.25) is 0 Å². The van der Waals surface area contributed by atoms with Crippen molar-refractivity contribution in [1.82, 2.24) is 9.55 Å². The summed E-state index contributed by atoms with van der Waals surface area (Å²) in [5.41, 5.74) is 0.236. The van der Waals surface area contributed by atoms with E-state index in [1.165, 1.54) is 25.1 Å². The molecule has 2 aromatic carbocycles. The number of hydrogen-bond donors (Lipinski definition) is 3. The maximum Gasteiger partial charge on any atom is 0.264 e. The monoisotopic (exact) mass is 398 g/mol. The first kappa shape index (κ1) is 19.2. The van der Waals surface area contributed by atoms with E-state index in [9.17, 15) is 19.1 Å². The van der Waals surface area contributed by atoms with Gasteiger partial charge in [-0.25, -0.2) is 4.39 Å². The van der Waals surface area contributed by atoms with E-state index in [-0.39, 0.29) is 21.9 Å². The number of aliphatic imine (C=N–C) groups is 1. The third-order valence-corrected chi connectivity index (χ3v) is 4.03. The van der Waals surface area contributed by atoms with Crippen molar-refractivity contribution in [3.63, 3.8) is 0 Å². The smallest absolute Gasteiger partial charge is 0.264 e. The maximum absolute atomic E-state index is 14.1. The van der Waals surface area contributed by atoms with Gasteiger partial charge in [-0.2, -0.15) is 0 Å². The second-order valence-corrected chi connectivity index (χ2v) is 6.16. The highest BCUT2D eigenvalue weighted by atomic mass is 32.1. The summed E-state index contributed by atoms with van der Waals surface area (Å²) in [6.07, 6.45) is 1.16. The van der Waals surface area contributed by atoms with Crippen LogP contribution in [0.5, 0.6) is 5.88 Å². The fourth-order valence-electron chi connectivity index (χ4n) is 2.48. The predicted octanol–water partition coefficient (Wildman–Crippen LogP) is 3.45. The number of H-pyrrole nitrogens is 1. The van der Waals surface area contributed by atoms with Crippen molar-refractivity contribution >= 4 is 35.7 Å². The summed E-state index contributed by atoms with van der Waals surface area (Å²) >= 11 is 5.06.